The Balaban J connectivity index is 1.68. The molecule has 0 aliphatic carbocycles. The third-order valence-corrected chi connectivity index (χ3v) is 6.32. The normalized spacial score (nSPS) is 12.2. The number of carbonyl (C=O) groups is 3. The SMILES string of the molecule is CCOC(=O)COc1ccc(/C=N\NC(=O)[C@@H](Cc2ccccc2)NC(=O)[C@H](C)Oc2ccc(Cl)cc2Cl)cc1OCC. The zero-order chi connectivity index (χ0) is 31.2. The summed E-state index contributed by atoms with van der Waals surface area (Å²) in [5.41, 5.74) is 3.92. The van der Waals surface area contributed by atoms with Crippen LogP contribution >= 0.6 is 23.2 Å². The summed E-state index contributed by atoms with van der Waals surface area (Å²) in [6.45, 7) is 5.42. The number of hydrogen-bond donors (Lipinski definition) is 2. The van der Waals surface area contributed by atoms with E-state index in [4.69, 9.17) is 42.1 Å². The smallest absolute Gasteiger partial charge is 0.344 e. The van der Waals surface area contributed by atoms with Gasteiger partial charge in [0.05, 0.1) is 24.5 Å². The largest absolute Gasteiger partial charge is 0.490 e. The second-order valence-electron chi connectivity index (χ2n) is 9.05. The number of halogens is 2. The number of esters is 1. The van der Waals surface area contributed by atoms with Gasteiger partial charge in [-0.15, -0.1) is 0 Å². The van der Waals surface area contributed by atoms with Gasteiger partial charge in [0, 0.05) is 11.4 Å². The first kappa shape index (κ1) is 33.2. The van der Waals surface area contributed by atoms with Crippen molar-refractivity contribution in [1.29, 1.82) is 0 Å². The molecule has 2 N–H and O–H groups in total. The quantitative estimate of drug-likeness (QED) is 0.138. The van der Waals surface area contributed by atoms with Gasteiger partial charge in [0.25, 0.3) is 11.8 Å². The fraction of sp³-hybridized carbons (Fsp3) is 0.290. The molecule has 3 rings (SSSR count). The lowest BCUT2D eigenvalue weighted by molar-refractivity contribution is -0.145. The Bertz CT molecular complexity index is 1420. The van der Waals surface area contributed by atoms with Crippen molar-refractivity contribution in [3.05, 3.63) is 87.9 Å². The van der Waals surface area contributed by atoms with Gasteiger partial charge < -0.3 is 24.3 Å². The van der Waals surface area contributed by atoms with E-state index in [1.165, 1.54) is 12.3 Å². The molecule has 3 aromatic rings. The number of hydrazone groups is 1. The molecule has 0 fully saturated rings. The van der Waals surface area contributed by atoms with Crippen LogP contribution in [0.4, 0.5) is 0 Å². The molecule has 0 saturated carbocycles. The van der Waals surface area contributed by atoms with E-state index >= 15 is 0 Å². The van der Waals surface area contributed by atoms with Gasteiger partial charge in [0.15, 0.2) is 24.2 Å². The zero-order valence-electron chi connectivity index (χ0n) is 24.0. The van der Waals surface area contributed by atoms with Crippen LogP contribution in [0.25, 0.3) is 0 Å². The van der Waals surface area contributed by atoms with Gasteiger partial charge >= 0.3 is 5.97 Å². The fourth-order valence-electron chi connectivity index (χ4n) is 3.74. The van der Waals surface area contributed by atoms with Crippen LogP contribution in [0.2, 0.25) is 10.0 Å². The number of hydrogen-bond acceptors (Lipinski definition) is 8. The Kier molecular flexibility index (Phi) is 13.1. The van der Waals surface area contributed by atoms with Gasteiger partial charge in [0.2, 0.25) is 0 Å². The zero-order valence-corrected chi connectivity index (χ0v) is 25.5. The molecule has 0 bridgehead atoms. The van der Waals surface area contributed by atoms with Gasteiger partial charge in [0.1, 0.15) is 11.8 Å². The van der Waals surface area contributed by atoms with E-state index in [9.17, 15) is 14.4 Å². The molecule has 0 heterocycles. The van der Waals surface area contributed by atoms with E-state index in [-0.39, 0.29) is 30.4 Å². The molecule has 3 aromatic carbocycles. The molecule has 10 nitrogen and oxygen atoms in total. The van der Waals surface area contributed by atoms with Crippen molar-refractivity contribution >= 4 is 47.2 Å². The van der Waals surface area contributed by atoms with Crippen LogP contribution in [0.3, 0.4) is 0 Å². The third-order valence-electron chi connectivity index (χ3n) is 5.79. The molecular weight excluding hydrogens is 597 g/mol. The first-order valence-electron chi connectivity index (χ1n) is 13.5. The van der Waals surface area contributed by atoms with Gasteiger partial charge in [-0.1, -0.05) is 53.5 Å². The number of carbonyl (C=O) groups excluding carboxylic acids is 3. The summed E-state index contributed by atoms with van der Waals surface area (Å²) in [6.07, 6.45) is 0.670. The predicted octanol–water partition coefficient (Wildman–Crippen LogP) is 4.98. The molecule has 2 atom stereocenters. The summed E-state index contributed by atoms with van der Waals surface area (Å²) in [7, 11) is 0. The molecule has 0 aliphatic heterocycles. The summed E-state index contributed by atoms with van der Waals surface area (Å²) < 4.78 is 21.7. The van der Waals surface area contributed by atoms with Crippen LogP contribution in [0.1, 0.15) is 31.9 Å². The minimum absolute atomic E-state index is 0.212. The standard InChI is InChI=1S/C31H33Cl2N3O7/c1-4-40-28-16-22(11-13-27(28)42-19-29(37)41-5-2)18-34-36-31(39)25(15-21-9-7-6-8-10-21)35-30(38)20(3)43-26-14-12-23(32)17-24(26)33/h6-14,16-18,20,25H,4-5,15,19H2,1-3H3,(H,35,38)(H,36,39)/b34-18-/t20-,25+/m0/s1. The first-order valence-corrected chi connectivity index (χ1v) is 14.3. The van der Waals surface area contributed by atoms with Gasteiger partial charge in [-0.3, -0.25) is 9.59 Å². The fourth-order valence-corrected chi connectivity index (χ4v) is 4.20. The van der Waals surface area contributed by atoms with Crippen molar-refractivity contribution < 1.29 is 33.3 Å². The average Bonchev–Trinajstić information content (AvgIpc) is 2.98. The molecule has 0 spiro atoms. The Morgan fingerprint density at radius 3 is 2.33 bits per heavy atom. The average molecular weight is 631 g/mol. The maximum Gasteiger partial charge on any atom is 0.344 e. The van der Waals surface area contributed by atoms with Gasteiger partial charge in [-0.05, 0) is 68.3 Å². The highest BCUT2D eigenvalue weighted by atomic mass is 35.5. The molecule has 12 heteroatoms. The second kappa shape index (κ2) is 17.0. The van der Waals surface area contributed by atoms with Crippen LogP contribution in [0, 0.1) is 0 Å². The number of ether oxygens (including phenoxy) is 4. The van der Waals surface area contributed by atoms with Crippen LogP contribution in [0.15, 0.2) is 71.8 Å². The summed E-state index contributed by atoms with van der Waals surface area (Å²) in [5.74, 6) is -0.518. The number of nitrogens with one attached hydrogen (secondary N) is 2. The lowest BCUT2D eigenvalue weighted by Gasteiger charge is -2.21. The van der Waals surface area contributed by atoms with Crippen molar-refractivity contribution in [1.82, 2.24) is 10.7 Å². The van der Waals surface area contributed by atoms with Gasteiger partial charge in [-0.2, -0.15) is 5.10 Å². The molecule has 2 amide bonds. The highest BCUT2D eigenvalue weighted by Gasteiger charge is 2.25. The number of nitrogens with zero attached hydrogens (tertiary/aromatic N) is 1. The first-order chi connectivity index (χ1) is 20.7. The molecule has 0 radical (unpaired) electrons. The Morgan fingerprint density at radius 2 is 1.63 bits per heavy atom. The van der Waals surface area contributed by atoms with E-state index in [1.54, 1.807) is 44.2 Å². The summed E-state index contributed by atoms with van der Waals surface area (Å²) in [4.78, 5) is 37.8. The Hall–Kier alpha value is -4.28. The minimum Gasteiger partial charge on any atom is -0.490 e. The topological polar surface area (TPSA) is 125 Å². The lowest BCUT2D eigenvalue weighted by Crippen LogP contribution is -2.50. The molecular formula is C31H33Cl2N3O7. The minimum atomic E-state index is -0.963. The molecule has 228 valence electrons. The molecule has 0 aliphatic rings. The van der Waals surface area contributed by atoms with E-state index in [0.29, 0.717) is 28.7 Å². The second-order valence-corrected chi connectivity index (χ2v) is 9.90. The highest BCUT2D eigenvalue weighted by Crippen LogP contribution is 2.29. The van der Waals surface area contributed by atoms with E-state index in [0.717, 1.165) is 5.56 Å². The van der Waals surface area contributed by atoms with Crippen LogP contribution in [-0.2, 0) is 25.5 Å². The molecule has 0 unspecified atom stereocenters. The van der Waals surface area contributed by atoms with E-state index in [1.807, 2.05) is 37.3 Å². The summed E-state index contributed by atoms with van der Waals surface area (Å²) in [5, 5.41) is 7.49. The Morgan fingerprint density at radius 1 is 0.884 bits per heavy atom. The predicted molar refractivity (Wildman–Crippen MR) is 164 cm³/mol. The monoisotopic (exact) mass is 629 g/mol. The van der Waals surface area contributed by atoms with E-state index in [2.05, 4.69) is 15.8 Å². The van der Waals surface area contributed by atoms with Crippen molar-refractivity contribution in [2.75, 3.05) is 19.8 Å². The van der Waals surface area contributed by atoms with Crippen LogP contribution < -0.4 is 25.0 Å². The summed E-state index contributed by atoms with van der Waals surface area (Å²) >= 11 is 12.1. The van der Waals surface area contributed by atoms with E-state index < -0.39 is 29.9 Å². The molecule has 0 aromatic heterocycles. The van der Waals surface area contributed by atoms with Gasteiger partial charge in [-0.25, -0.2) is 10.2 Å². The van der Waals surface area contributed by atoms with Crippen molar-refractivity contribution in [3.63, 3.8) is 0 Å². The van der Waals surface area contributed by atoms with Crippen LogP contribution in [0.5, 0.6) is 17.2 Å². The third kappa shape index (κ3) is 10.8. The van der Waals surface area contributed by atoms with Crippen LogP contribution in [-0.4, -0.2) is 56.0 Å². The Labute approximate surface area is 260 Å². The maximum atomic E-state index is 13.2. The molecule has 43 heavy (non-hydrogen) atoms. The number of benzene rings is 3. The number of amides is 2. The van der Waals surface area contributed by atoms with Crippen molar-refractivity contribution in [3.8, 4) is 17.2 Å². The maximum absolute atomic E-state index is 13.2. The number of rotatable bonds is 15. The molecule has 0 saturated heterocycles. The van der Waals surface area contributed by atoms with Crippen molar-refractivity contribution in [2.45, 2.75) is 39.3 Å². The lowest BCUT2D eigenvalue weighted by atomic mass is 10.1. The van der Waals surface area contributed by atoms with Crippen molar-refractivity contribution in [2.24, 2.45) is 5.10 Å². The summed E-state index contributed by atoms with van der Waals surface area (Å²) in [6, 6.07) is 17.9. The highest BCUT2D eigenvalue weighted by molar-refractivity contribution is 6.35.